The van der Waals surface area contributed by atoms with Crippen molar-refractivity contribution in [2.24, 2.45) is 0 Å². The summed E-state index contributed by atoms with van der Waals surface area (Å²) in [6.07, 6.45) is 2.34. The van der Waals surface area contributed by atoms with Gasteiger partial charge in [0.25, 0.3) is 0 Å². The summed E-state index contributed by atoms with van der Waals surface area (Å²) in [6.45, 7) is 3.24. The third kappa shape index (κ3) is 3.03. The second-order valence-corrected chi connectivity index (χ2v) is 7.18. The Hall–Kier alpha value is -1.07. The van der Waals surface area contributed by atoms with Crippen molar-refractivity contribution in [2.45, 2.75) is 30.3 Å². The van der Waals surface area contributed by atoms with Crippen LogP contribution in [0.1, 0.15) is 13.3 Å². The molecule has 1 aliphatic heterocycles. The molecule has 0 bridgehead atoms. The summed E-state index contributed by atoms with van der Waals surface area (Å²) in [5, 5.41) is 3.44. The number of rotatable bonds is 3. The topological polar surface area (TPSA) is 49.4 Å². The molecule has 1 aromatic carbocycles. The molecule has 1 fully saturated rings. The van der Waals surface area contributed by atoms with Gasteiger partial charge in [0.2, 0.25) is 0 Å². The molecule has 0 radical (unpaired) electrons. The van der Waals surface area contributed by atoms with Crippen LogP contribution in [0.5, 0.6) is 0 Å². The van der Waals surface area contributed by atoms with Gasteiger partial charge in [0, 0.05) is 30.6 Å². The highest BCUT2D eigenvalue weighted by atomic mass is 32.2. The van der Waals surface area contributed by atoms with E-state index in [2.05, 4.69) is 24.2 Å². The van der Waals surface area contributed by atoms with E-state index in [4.69, 9.17) is 0 Å². The molecule has 1 aliphatic rings. The summed E-state index contributed by atoms with van der Waals surface area (Å²) in [4.78, 5) is 2.69. The number of nitrogens with one attached hydrogen (secondary N) is 1. The van der Waals surface area contributed by atoms with Crippen LogP contribution in [0.3, 0.4) is 0 Å². The molecule has 2 rings (SSSR count). The molecular formula is C13H20N2O2S. The molecule has 1 heterocycles. The lowest BCUT2D eigenvalue weighted by Gasteiger charge is -2.14. The van der Waals surface area contributed by atoms with E-state index in [9.17, 15) is 8.42 Å². The molecule has 0 saturated carbocycles. The fourth-order valence-electron chi connectivity index (χ4n) is 2.33. The van der Waals surface area contributed by atoms with E-state index in [0.717, 1.165) is 18.7 Å². The second-order valence-electron chi connectivity index (χ2n) is 5.16. The summed E-state index contributed by atoms with van der Waals surface area (Å²) in [6, 6.07) is 8.00. The van der Waals surface area contributed by atoms with Crippen LogP contribution >= 0.6 is 0 Å². The molecule has 2 unspecified atom stereocenters. The molecule has 5 heteroatoms. The first-order chi connectivity index (χ1) is 8.36. The largest absolute Gasteiger partial charge is 0.381 e. The SMILES string of the molecule is CC1CC(Nc2ccc(S(C)(=O)=O)cc2)CN1C. The minimum absolute atomic E-state index is 0.366. The highest BCUT2D eigenvalue weighted by molar-refractivity contribution is 7.90. The molecule has 0 aliphatic carbocycles. The van der Waals surface area contributed by atoms with E-state index in [1.807, 2.05) is 12.1 Å². The standard InChI is InChI=1S/C13H20N2O2S/c1-10-8-12(9-15(10)2)14-11-4-6-13(7-5-11)18(3,16)17/h4-7,10,12,14H,8-9H2,1-3H3. The van der Waals surface area contributed by atoms with Crippen LogP contribution in [-0.4, -0.2) is 45.2 Å². The first kappa shape index (κ1) is 13.4. The summed E-state index contributed by atoms with van der Waals surface area (Å²) >= 11 is 0. The van der Waals surface area contributed by atoms with Gasteiger partial charge in [0.05, 0.1) is 4.90 Å². The van der Waals surface area contributed by atoms with Crippen molar-refractivity contribution in [3.05, 3.63) is 24.3 Å². The Bertz CT molecular complexity index is 500. The summed E-state index contributed by atoms with van der Waals surface area (Å²) in [7, 11) is -0.976. The van der Waals surface area contributed by atoms with Gasteiger partial charge in [-0.3, -0.25) is 0 Å². The lowest BCUT2D eigenvalue weighted by Crippen LogP contribution is -2.24. The molecule has 4 nitrogen and oxygen atoms in total. The Morgan fingerprint density at radius 2 is 1.89 bits per heavy atom. The van der Waals surface area contributed by atoms with Crippen LogP contribution in [0.4, 0.5) is 5.69 Å². The average Bonchev–Trinajstić information content (AvgIpc) is 2.57. The van der Waals surface area contributed by atoms with Crippen LogP contribution in [0.2, 0.25) is 0 Å². The smallest absolute Gasteiger partial charge is 0.175 e. The van der Waals surface area contributed by atoms with Gasteiger partial charge >= 0.3 is 0 Å². The van der Waals surface area contributed by atoms with Crippen LogP contribution in [0.15, 0.2) is 29.2 Å². The first-order valence-electron chi connectivity index (χ1n) is 6.13. The number of sulfone groups is 1. The molecule has 0 aromatic heterocycles. The Morgan fingerprint density at radius 3 is 2.33 bits per heavy atom. The lowest BCUT2D eigenvalue weighted by atomic mass is 10.2. The third-order valence-corrected chi connectivity index (χ3v) is 4.67. The van der Waals surface area contributed by atoms with Gasteiger partial charge in [-0.05, 0) is 44.7 Å². The van der Waals surface area contributed by atoms with Crippen molar-refractivity contribution in [3.8, 4) is 0 Å². The van der Waals surface area contributed by atoms with E-state index in [1.54, 1.807) is 12.1 Å². The fourth-order valence-corrected chi connectivity index (χ4v) is 2.96. The molecular weight excluding hydrogens is 248 g/mol. The van der Waals surface area contributed by atoms with E-state index >= 15 is 0 Å². The zero-order valence-corrected chi connectivity index (χ0v) is 11.9. The summed E-state index contributed by atoms with van der Waals surface area (Å²) in [5.41, 5.74) is 0.981. The lowest BCUT2D eigenvalue weighted by molar-refractivity contribution is 0.330. The number of hydrogen-bond acceptors (Lipinski definition) is 4. The van der Waals surface area contributed by atoms with Crippen LogP contribution < -0.4 is 5.32 Å². The Kier molecular flexibility index (Phi) is 3.64. The van der Waals surface area contributed by atoms with Crippen LogP contribution in [0.25, 0.3) is 0 Å². The van der Waals surface area contributed by atoms with Gasteiger partial charge < -0.3 is 10.2 Å². The number of likely N-dealkylation sites (tertiary alicyclic amines) is 1. The third-order valence-electron chi connectivity index (χ3n) is 3.54. The fraction of sp³-hybridized carbons (Fsp3) is 0.538. The zero-order chi connectivity index (χ0) is 13.3. The van der Waals surface area contributed by atoms with Gasteiger partial charge in [-0.15, -0.1) is 0 Å². The normalized spacial score (nSPS) is 25.3. The van der Waals surface area contributed by atoms with Gasteiger partial charge in [0.1, 0.15) is 0 Å². The molecule has 0 spiro atoms. The van der Waals surface area contributed by atoms with Crippen LogP contribution in [0, 0.1) is 0 Å². The molecule has 1 aromatic rings. The highest BCUT2D eigenvalue weighted by Crippen LogP contribution is 2.20. The predicted octanol–water partition coefficient (Wildman–Crippen LogP) is 1.59. The monoisotopic (exact) mass is 268 g/mol. The van der Waals surface area contributed by atoms with E-state index < -0.39 is 9.84 Å². The van der Waals surface area contributed by atoms with Crippen molar-refractivity contribution in [3.63, 3.8) is 0 Å². The van der Waals surface area contributed by atoms with Gasteiger partial charge in [-0.25, -0.2) is 8.42 Å². The molecule has 100 valence electrons. The average molecular weight is 268 g/mol. The number of hydrogen-bond donors (Lipinski definition) is 1. The van der Waals surface area contributed by atoms with Crippen LogP contribution in [-0.2, 0) is 9.84 Å². The van der Waals surface area contributed by atoms with E-state index in [1.165, 1.54) is 6.26 Å². The molecule has 18 heavy (non-hydrogen) atoms. The molecule has 0 amide bonds. The van der Waals surface area contributed by atoms with Crippen molar-refractivity contribution in [1.29, 1.82) is 0 Å². The molecule has 2 atom stereocenters. The Balaban J connectivity index is 2.03. The quantitative estimate of drug-likeness (QED) is 0.904. The molecule has 1 saturated heterocycles. The second kappa shape index (κ2) is 4.90. The minimum atomic E-state index is -3.10. The highest BCUT2D eigenvalue weighted by Gasteiger charge is 2.25. The Labute approximate surface area is 109 Å². The van der Waals surface area contributed by atoms with Gasteiger partial charge in [-0.2, -0.15) is 0 Å². The zero-order valence-electron chi connectivity index (χ0n) is 11.1. The number of benzene rings is 1. The maximum Gasteiger partial charge on any atom is 0.175 e. The number of nitrogens with zero attached hydrogens (tertiary/aromatic N) is 1. The van der Waals surface area contributed by atoms with Crippen molar-refractivity contribution < 1.29 is 8.42 Å². The predicted molar refractivity (Wildman–Crippen MR) is 73.7 cm³/mol. The van der Waals surface area contributed by atoms with E-state index in [-0.39, 0.29) is 0 Å². The maximum atomic E-state index is 11.3. The Morgan fingerprint density at radius 1 is 1.28 bits per heavy atom. The van der Waals surface area contributed by atoms with Crippen molar-refractivity contribution >= 4 is 15.5 Å². The summed E-state index contributed by atoms with van der Waals surface area (Å²) in [5.74, 6) is 0. The molecule has 1 N–H and O–H groups in total. The van der Waals surface area contributed by atoms with Crippen molar-refractivity contribution in [2.75, 3.05) is 25.2 Å². The van der Waals surface area contributed by atoms with Gasteiger partial charge in [0.15, 0.2) is 9.84 Å². The van der Waals surface area contributed by atoms with E-state index in [0.29, 0.717) is 17.0 Å². The number of likely N-dealkylation sites (N-methyl/N-ethyl adjacent to an activating group) is 1. The summed E-state index contributed by atoms with van der Waals surface area (Å²) < 4.78 is 22.7. The van der Waals surface area contributed by atoms with Crippen molar-refractivity contribution in [1.82, 2.24) is 4.90 Å². The maximum absolute atomic E-state index is 11.3. The minimum Gasteiger partial charge on any atom is -0.381 e. The first-order valence-corrected chi connectivity index (χ1v) is 8.02. The van der Waals surface area contributed by atoms with Gasteiger partial charge in [-0.1, -0.05) is 0 Å². The number of anilines is 1.